The van der Waals surface area contributed by atoms with Gasteiger partial charge in [0.2, 0.25) is 5.82 Å². The topological polar surface area (TPSA) is 72.2 Å². The fourth-order valence-electron chi connectivity index (χ4n) is 2.00. The number of halogens is 1. The molecule has 1 aromatic rings. The summed E-state index contributed by atoms with van der Waals surface area (Å²) in [6, 6.07) is 3.17. The zero-order chi connectivity index (χ0) is 14.0. The largest absolute Gasteiger partial charge is 0.351 e. The lowest BCUT2D eigenvalue weighted by molar-refractivity contribution is -0.387. The minimum atomic E-state index is -0.936. The van der Waals surface area contributed by atoms with Gasteiger partial charge in [0.05, 0.1) is 4.92 Å². The SMILES string of the molecule is CCC1(CNC(=O)c2ccc(F)c([N+](=O)[O-])c2)CC1. The molecular formula is C13H15FN2O3. The van der Waals surface area contributed by atoms with Gasteiger partial charge in [-0.05, 0) is 36.8 Å². The van der Waals surface area contributed by atoms with E-state index in [0.717, 1.165) is 31.4 Å². The van der Waals surface area contributed by atoms with E-state index in [2.05, 4.69) is 12.2 Å². The van der Waals surface area contributed by atoms with Crippen molar-refractivity contribution in [3.05, 3.63) is 39.7 Å². The summed E-state index contributed by atoms with van der Waals surface area (Å²) >= 11 is 0. The summed E-state index contributed by atoms with van der Waals surface area (Å²) in [7, 11) is 0. The van der Waals surface area contributed by atoms with Crippen molar-refractivity contribution in [2.75, 3.05) is 6.54 Å². The maximum atomic E-state index is 13.2. The van der Waals surface area contributed by atoms with Crippen LogP contribution in [0.25, 0.3) is 0 Å². The van der Waals surface area contributed by atoms with Crippen molar-refractivity contribution in [3.8, 4) is 0 Å². The lowest BCUT2D eigenvalue weighted by atomic mass is 10.0. The molecule has 0 radical (unpaired) electrons. The van der Waals surface area contributed by atoms with Crippen LogP contribution in [-0.4, -0.2) is 17.4 Å². The van der Waals surface area contributed by atoms with Crippen molar-refractivity contribution in [1.29, 1.82) is 0 Å². The van der Waals surface area contributed by atoms with E-state index in [1.165, 1.54) is 6.07 Å². The summed E-state index contributed by atoms with van der Waals surface area (Å²) < 4.78 is 13.2. The monoisotopic (exact) mass is 266 g/mol. The highest BCUT2D eigenvalue weighted by atomic mass is 19.1. The maximum absolute atomic E-state index is 13.2. The van der Waals surface area contributed by atoms with Gasteiger partial charge in [0.25, 0.3) is 5.91 Å². The molecule has 0 spiro atoms. The molecule has 0 unspecified atom stereocenters. The molecule has 1 aliphatic rings. The van der Waals surface area contributed by atoms with Gasteiger partial charge >= 0.3 is 5.69 Å². The zero-order valence-electron chi connectivity index (χ0n) is 10.6. The number of carbonyl (C=O) groups excluding carboxylic acids is 1. The number of rotatable bonds is 5. The van der Waals surface area contributed by atoms with Crippen molar-refractivity contribution in [2.45, 2.75) is 26.2 Å². The number of amides is 1. The lowest BCUT2D eigenvalue weighted by Crippen LogP contribution is -2.30. The second kappa shape index (κ2) is 4.95. The third-order valence-electron chi connectivity index (χ3n) is 3.74. The molecule has 2 rings (SSSR count). The highest BCUT2D eigenvalue weighted by Crippen LogP contribution is 2.47. The summed E-state index contributed by atoms with van der Waals surface area (Å²) in [4.78, 5) is 21.6. The van der Waals surface area contributed by atoms with Crippen molar-refractivity contribution in [2.24, 2.45) is 5.41 Å². The first-order chi connectivity index (χ1) is 8.97. The molecule has 0 saturated heterocycles. The van der Waals surface area contributed by atoms with Crippen LogP contribution in [0.1, 0.15) is 36.5 Å². The van der Waals surface area contributed by atoms with Crippen LogP contribution in [0, 0.1) is 21.3 Å². The molecule has 1 fully saturated rings. The molecule has 0 bridgehead atoms. The van der Waals surface area contributed by atoms with Gasteiger partial charge in [0.1, 0.15) is 0 Å². The highest BCUT2D eigenvalue weighted by Gasteiger charge is 2.40. The molecule has 1 aromatic carbocycles. The Balaban J connectivity index is 2.07. The minimum absolute atomic E-state index is 0.111. The Morgan fingerprint density at radius 3 is 2.74 bits per heavy atom. The molecule has 0 aromatic heterocycles. The molecule has 1 amide bonds. The third-order valence-corrected chi connectivity index (χ3v) is 3.74. The van der Waals surface area contributed by atoms with Gasteiger partial charge in [-0.25, -0.2) is 0 Å². The van der Waals surface area contributed by atoms with Crippen molar-refractivity contribution < 1.29 is 14.1 Å². The first-order valence-corrected chi connectivity index (χ1v) is 6.19. The first kappa shape index (κ1) is 13.5. The molecule has 1 saturated carbocycles. The number of nitrogens with zero attached hydrogens (tertiary/aromatic N) is 1. The molecule has 0 aliphatic heterocycles. The number of hydrogen-bond acceptors (Lipinski definition) is 3. The van der Waals surface area contributed by atoms with Crippen molar-refractivity contribution in [1.82, 2.24) is 5.32 Å². The van der Waals surface area contributed by atoms with Crippen LogP contribution in [0.4, 0.5) is 10.1 Å². The van der Waals surface area contributed by atoms with Gasteiger partial charge in [0, 0.05) is 18.2 Å². The van der Waals surface area contributed by atoms with E-state index in [0.29, 0.717) is 6.54 Å². The van der Waals surface area contributed by atoms with Crippen LogP contribution >= 0.6 is 0 Å². The zero-order valence-corrected chi connectivity index (χ0v) is 10.6. The minimum Gasteiger partial charge on any atom is -0.351 e. The van der Waals surface area contributed by atoms with E-state index in [9.17, 15) is 19.3 Å². The standard InChI is InChI=1S/C13H15FN2O3/c1-2-13(5-6-13)8-15-12(17)9-3-4-10(14)11(7-9)16(18)19/h3-4,7H,2,5-6,8H2,1H3,(H,15,17). The van der Waals surface area contributed by atoms with E-state index in [1.54, 1.807) is 0 Å². The fraction of sp³-hybridized carbons (Fsp3) is 0.462. The van der Waals surface area contributed by atoms with Gasteiger partial charge in [-0.15, -0.1) is 0 Å². The molecule has 19 heavy (non-hydrogen) atoms. The van der Waals surface area contributed by atoms with E-state index in [4.69, 9.17) is 0 Å². The third kappa shape index (κ3) is 2.89. The Morgan fingerprint density at radius 2 is 2.21 bits per heavy atom. The number of hydrogen-bond donors (Lipinski definition) is 1. The Labute approximate surface area is 110 Å². The second-order valence-electron chi connectivity index (χ2n) is 4.96. The quantitative estimate of drug-likeness (QED) is 0.657. The van der Waals surface area contributed by atoms with Crippen LogP contribution in [0.5, 0.6) is 0 Å². The van der Waals surface area contributed by atoms with Crippen LogP contribution in [-0.2, 0) is 0 Å². The number of benzene rings is 1. The van der Waals surface area contributed by atoms with Crippen LogP contribution < -0.4 is 5.32 Å². The molecule has 5 nitrogen and oxygen atoms in total. The molecule has 6 heteroatoms. The fourth-order valence-corrected chi connectivity index (χ4v) is 2.00. The normalized spacial score (nSPS) is 15.9. The predicted molar refractivity (Wildman–Crippen MR) is 67.3 cm³/mol. The number of nitro benzene ring substituents is 1. The molecule has 0 heterocycles. The van der Waals surface area contributed by atoms with Gasteiger partial charge < -0.3 is 5.32 Å². The van der Waals surface area contributed by atoms with Crippen LogP contribution in [0.2, 0.25) is 0 Å². The molecule has 1 N–H and O–H groups in total. The predicted octanol–water partition coefficient (Wildman–Crippen LogP) is 2.65. The van der Waals surface area contributed by atoms with E-state index in [1.807, 2.05) is 0 Å². The van der Waals surface area contributed by atoms with E-state index >= 15 is 0 Å². The summed E-state index contributed by atoms with van der Waals surface area (Å²) in [5.74, 6) is -1.34. The van der Waals surface area contributed by atoms with Crippen LogP contribution in [0.15, 0.2) is 18.2 Å². The smallest absolute Gasteiger partial charge is 0.305 e. The Kier molecular flexibility index (Phi) is 3.50. The second-order valence-corrected chi connectivity index (χ2v) is 4.96. The molecule has 102 valence electrons. The molecule has 1 aliphatic carbocycles. The Morgan fingerprint density at radius 1 is 1.53 bits per heavy atom. The molecule has 0 atom stereocenters. The Hall–Kier alpha value is -1.98. The Bertz CT molecular complexity index is 527. The van der Waals surface area contributed by atoms with Crippen LogP contribution in [0.3, 0.4) is 0 Å². The number of carbonyl (C=O) groups is 1. The van der Waals surface area contributed by atoms with Crippen molar-refractivity contribution in [3.63, 3.8) is 0 Å². The highest BCUT2D eigenvalue weighted by molar-refractivity contribution is 5.94. The number of nitro groups is 1. The van der Waals surface area contributed by atoms with E-state index in [-0.39, 0.29) is 11.0 Å². The van der Waals surface area contributed by atoms with Crippen molar-refractivity contribution >= 4 is 11.6 Å². The van der Waals surface area contributed by atoms with Gasteiger partial charge in [-0.3, -0.25) is 14.9 Å². The average Bonchev–Trinajstić information content (AvgIpc) is 3.17. The lowest BCUT2D eigenvalue weighted by Gasteiger charge is -2.13. The summed E-state index contributed by atoms with van der Waals surface area (Å²) in [6.07, 6.45) is 3.18. The molecular weight excluding hydrogens is 251 g/mol. The van der Waals surface area contributed by atoms with Gasteiger partial charge in [0.15, 0.2) is 0 Å². The van der Waals surface area contributed by atoms with Gasteiger partial charge in [-0.2, -0.15) is 4.39 Å². The average molecular weight is 266 g/mol. The number of nitrogens with one attached hydrogen (secondary N) is 1. The van der Waals surface area contributed by atoms with Gasteiger partial charge in [-0.1, -0.05) is 6.92 Å². The summed E-state index contributed by atoms with van der Waals surface area (Å²) in [6.45, 7) is 2.63. The first-order valence-electron chi connectivity index (χ1n) is 6.19. The van der Waals surface area contributed by atoms with E-state index < -0.39 is 22.3 Å². The summed E-state index contributed by atoms with van der Waals surface area (Å²) in [5, 5.41) is 13.4. The maximum Gasteiger partial charge on any atom is 0.305 e. The summed E-state index contributed by atoms with van der Waals surface area (Å²) in [5.41, 5.74) is -0.369.